The molecule has 0 fully saturated rings. The summed E-state index contributed by atoms with van der Waals surface area (Å²) < 4.78 is 56.7. The molecule has 1 radical (unpaired) electrons. The maximum absolute atomic E-state index is 11.4. The highest BCUT2D eigenvalue weighted by Crippen LogP contribution is 2.27. The lowest BCUT2D eigenvalue weighted by molar-refractivity contribution is -0.150. The Kier molecular flexibility index (Phi) is 3.05. The fourth-order valence-electron chi connectivity index (χ4n) is 0.386. The molecule has 0 aromatic heterocycles. The first-order valence-electron chi connectivity index (χ1n) is 2.51. The van der Waals surface area contributed by atoms with E-state index in [0.717, 1.165) is 0 Å². The highest BCUT2D eigenvalue weighted by atomic mass is 19.4. The maximum atomic E-state index is 11.4. The lowest BCUT2D eigenvalue weighted by Crippen LogP contribution is -2.18. The molecule has 0 N–H and O–H groups in total. The van der Waals surface area contributed by atoms with Crippen LogP contribution in [0, 0.1) is 12.8 Å². The fraction of sp³-hybridized carbons (Fsp3) is 0.800. The molecule has 10 heavy (non-hydrogen) atoms. The Balaban J connectivity index is 3.68. The first kappa shape index (κ1) is 9.65. The van der Waals surface area contributed by atoms with Crippen LogP contribution in [0.1, 0.15) is 6.42 Å². The molecule has 0 saturated carbocycles. The number of halogens is 5. The summed E-state index contributed by atoms with van der Waals surface area (Å²) in [5.74, 6) is -1.85. The standard InChI is InChI=1S/C5H6F5/c1-3(4(6)7)2-5(8,9)10/h3-4H,1-2H2. The van der Waals surface area contributed by atoms with Crippen LogP contribution in [0.4, 0.5) is 22.0 Å². The third kappa shape index (κ3) is 4.52. The molecule has 0 aliphatic carbocycles. The van der Waals surface area contributed by atoms with E-state index in [9.17, 15) is 22.0 Å². The number of rotatable bonds is 2. The molecule has 0 spiro atoms. The molecular weight excluding hydrogens is 155 g/mol. The van der Waals surface area contributed by atoms with Crippen molar-refractivity contribution >= 4 is 0 Å². The predicted octanol–water partition coefficient (Wildman–Crippen LogP) is 2.65. The van der Waals surface area contributed by atoms with Crippen molar-refractivity contribution in [3.63, 3.8) is 0 Å². The van der Waals surface area contributed by atoms with Crippen molar-refractivity contribution in [1.82, 2.24) is 0 Å². The lowest BCUT2D eigenvalue weighted by atomic mass is 10.1. The summed E-state index contributed by atoms with van der Waals surface area (Å²) in [6, 6.07) is 0. The van der Waals surface area contributed by atoms with Crippen LogP contribution in [0.15, 0.2) is 0 Å². The van der Waals surface area contributed by atoms with E-state index < -0.39 is 24.9 Å². The van der Waals surface area contributed by atoms with Gasteiger partial charge in [-0.05, 0) is 6.92 Å². The summed E-state index contributed by atoms with van der Waals surface area (Å²) in [5.41, 5.74) is 0. The first-order valence-corrected chi connectivity index (χ1v) is 2.51. The lowest BCUT2D eigenvalue weighted by Gasteiger charge is -2.11. The third-order valence-corrected chi connectivity index (χ3v) is 0.850. The molecule has 0 heterocycles. The van der Waals surface area contributed by atoms with Gasteiger partial charge >= 0.3 is 6.18 Å². The molecule has 0 aromatic carbocycles. The number of alkyl halides is 5. The van der Waals surface area contributed by atoms with E-state index >= 15 is 0 Å². The van der Waals surface area contributed by atoms with Crippen LogP contribution in [0.5, 0.6) is 0 Å². The fourth-order valence-corrected chi connectivity index (χ4v) is 0.386. The van der Waals surface area contributed by atoms with Gasteiger partial charge < -0.3 is 0 Å². The van der Waals surface area contributed by atoms with Gasteiger partial charge in [0.2, 0.25) is 6.43 Å². The first-order chi connectivity index (χ1) is 4.33. The van der Waals surface area contributed by atoms with Gasteiger partial charge in [-0.15, -0.1) is 0 Å². The Labute approximate surface area is 55.0 Å². The second-order valence-electron chi connectivity index (χ2n) is 1.91. The summed E-state index contributed by atoms with van der Waals surface area (Å²) in [5, 5.41) is 0. The van der Waals surface area contributed by atoms with Gasteiger partial charge in [0.25, 0.3) is 0 Å². The van der Waals surface area contributed by atoms with Gasteiger partial charge in [0.15, 0.2) is 0 Å². The molecule has 0 aliphatic rings. The van der Waals surface area contributed by atoms with Crippen molar-refractivity contribution in [3.05, 3.63) is 6.92 Å². The zero-order valence-electron chi connectivity index (χ0n) is 4.96. The van der Waals surface area contributed by atoms with Gasteiger partial charge in [0.1, 0.15) is 0 Å². The minimum absolute atomic E-state index is 1.52. The van der Waals surface area contributed by atoms with E-state index in [-0.39, 0.29) is 0 Å². The molecule has 0 rings (SSSR count). The molecule has 1 unspecified atom stereocenters. The molecule has 61 valence electrons. The van der Waals surface area contributed by atoms with E-state index in [2.05, 4.69) is 6.92 Å². The zero-order valence-corrected chi connectivity index (χ0v) is 4.96. The molecule has 0 aromatic rings. The SMILES string of the molecule is [CH2]C(CC(F)(F)F)C(F)F. The molecule has 1 atom stereocenters. The Morgan fingerprint density at radius 2 is 1.60 bits per heavy atom. The van der Waals surface area contributed by atoms with Gasteiger partial charge in [0.05, 0.1) is 6.42 Å². The zero-order chi connectivity index (χ0) is 8.36. The summed E-state index contributed by atoms with van der Waals surface area (Å²) in [6.07, 6.45) is -9.06. The normalized spacial score (nSPS) is 15.9. The van der Waals surface area contributed by atoms with Gasteiger partial charge in [0, 0.05) is 5.92 Å². The third-order valence-electron chi connectivity index (χ3n) is 0.850. The van der Waals surface area contributed by atoms with E-state index in [1.807, 2.05) is 0 Å². The van der Waals surface area contributed by atoms with Gasteiger partial charge in [-0.25, -0.2) is 8.78 Å². The van der Waals surface area contributed by atoms with Gasteiger partial charge in [-0.1, -0.05) is 0 Å². The average molecular weight is 161 g/mol. The summed E-state index contributed by atoms with van der Waals surface area (Å²) >= 11 is 0. The van der Waals surface area contributed by atoms with Crippen molar-refractivity contribution < 1.29 is 22.0 Å². The quantitative estimate of drug-likeness (QED) is 0.546. The van der Waals surface area contributed by atoms with Crippen molar-refractivity contribution in [3.8, 4) is 0 Å². The summed E-state index contributed by atoms with van der Waals surface area (Å²) in [7, 11) is 0. The van der Waals surface area contributed by atoms with Crippen LogP contribution < -0.4 is 0 Å². The van der Waals surface area contributed by atoms with E-state index in [4.69, 9.17) is 0 Å². The minimum Gasteiger partial charge on any atom is -0.210 e. The van der Waals surface area contributed by atoms with Crippen molar-refractivity contribution in [2.45, 2.75) is 19.0 Å². The summed E-state index contributed by atoms with van der Waals surface area (Å²) in [6.45, 7) is 2.65. The van der Waals surface area contributed by atoms with Gasteiger partial charge in [-0.2, -0.15) is 13.2 Å². The smallest absolute Gasteiger partial charge is 0.210 e. The maximum Gasteiger partial charge on any atom is 0.389 e. The largest absolute Gasteiger partial charge is 0.389 e. The molecular formula is C5H6F5. The average Bonchev–Trinajstić information content (AvgIpc) is 1.60. The van der Waals surface area contributed by atoms with Crippen LogP contribution >= 0.6 is 0 Å². The van der Waals surface area contributed by atoms with Crippen LogP contribution in [-0.4, -0.2) is 12.6 Å². The van der Waals surface area contributed by atoms with E-state index in [0.29, 0.717) is 0 Å². The predicted molar refractivity (Wildman–Crippen MR) is 25.5 cm³/mol. The topological polar surface area (TPSA) is 0 Å². The molecule has 0 aliphatic heterocycles. The van der Waals surface area contributed by atoms with E-state index in [1.54, 1.807) is 0 Å². The van der Waals surface area contributed by atoms with Gasteiger partial charge in [-0.3, -0.25) is 0 Å². The molecule has 0 bridgehead atoms. The van der Waals surface area contributed by atoms with Crippen LogP contribution in [-0.2, 0) is 0 Å². The molecule has 0 amide bonds. The molecule has 0 nitrogen and oxygen atoms in total. The monoisotopic (exact) mass is 161 g/mol. The number of hydrogen-bond donors (Lipinski definition) is 0. The number of hydrogen-bond acceptors (Lipinski definition) is 0. The highest BCUT2D eigenvalue weighted by molar-refractivity contribution is 4.67. The summed E-state index contributed by atoms with van der Waals surface area (Å²) in [4.78, 5) is 0. The Hall–Kier alpha value is -0.350. The second kappa shape index (κ2) is 3.16. The Morgan fingerprint density at radius 1 is 1.20 bits per heavy atom. The van der Waals surface area contributed by atoms with Crippen molar-refractivity contribution in [2.24, 2.45) is 5.92 Å². The van der Waals surface area contributed by atoms with Crippen molar-refractivity contribution in [1.29, 1.82) is 0 Å². The molecule has 5 heteroatoms. The van der Waals surface area contributed by atoms with E-state index in [1.165, 1.54) is 0 Å². The Bertz CT molecular complexity index is 94.7. The molecule has 0 saturated heterocycles. The highest BCUT2D eigenvalue weighted by Gasteiger charge is 2.33. The minimum atomic E-state index is -4.54. The van der Waals surface area contributed by atoms with Crippen LogP contribution in [0.25, 0.3) is 0 Å². The Morgan fingerprint density at radius 3 is 1.70 bits per heavy atom. The second-order valence-corrected chi connectivity index (χ2v) is 1.91. The van der Waals surface area contributed by atoms with Crippen LogP contribution in [0.2, 0.25) is 0 Å². The van der Waals surface area contributed by atoms with Crippen molar-refractivity contribution in [2.75, 3.05) is 0 Å². The van der Waals surface area contributed by atoms with Crippen LogP contribution in [0.3, 0.4) is 0 Å².